The third-order valence-electron chi connectivity index (χ3n) is 2.11. The summed E-state index contributed by atoms with van der Waals surface area (Å²) >= 11 is 1.35. The normalized spacial score (nSPS) is 28.5. The van der Waals surface area contributed by atoms with Crippen molar-refractivity contribution in [3.05, 3.63) is 11.3 Å². The number of piperazine rings is 1. The van der Waals surface area contributed by atoms with Crippen LogP contribution in [0, 0.1) is 0 Å². The highest BCUT2D eigenvalue weighted by atomic mass is 32.1. The first-order chi connectivity index (χ1) is 6.21. The first-order valence-electron chi connectivity index (χ1n) is 4.00. The van der Waals surface area contributed by atoms with Crippen molar-refractivity contribution in [3.63, 3.8) is 0 Å². The van der Waals surface area contributed by atoms with E-state index in [-0.39, 0.29) is 11.4 Å². The zero-order valence-corrected chi connectivity index (χ0v) is 8.02. The van der Waals surface area contributed by atoms with E-state index in [1.807, 2.05) is 6.92 Å². The van der Waals surface area contributed by atoms with E-state index < -0.39 is 0 Å². The van der Waals surface area contributed by atoms with Crippen molar-refractivity contribution in [2.75, 3.05) is 13.1 Å². The maximum Gasteiger partial charge on any atom is 0.234 e. The second kappa shape index (κ2) is 3.04. The molecule has 1 atom stereocenters. The van der Waals surface area contributed by atoms with Gasteiger partial charge in [-0.05, 0) is 18.5 Å². The summed E-state index contributed by atoms with van der Waals surface area (Å²) in [6.07, 6.45) is 1.53. The fourth-order valence-electron chi connectivity index (χ4n) is 1.24. The number of rotatable bonds is 1. The Morgan fingerprint density at radius 3 is 3.08 bits per heavy atom. The minimum absolute atomic E-state index is 0.0296. The Balaban J connectivity index is 2.18. The summed E-state index contributed by atoms with van der Waals surface area (Å²) in [5.41, 5.74) is -0.255. The lowest BCUT2D eigenvalue weighted by Gasteiger charge is -2.32. The lowest BCUT2D eigenvalue weighted by Crippen LogP contribution is -2.57. The minimum Gasteiger partial charge on any atom is -0.353 e. The Labute approximate surface area is 79.7 Å². The molecule has 0 radical (unpaired) electrons. The van der Waals surface area contributed by atoms with Gasteiger partial charge in [0.2, 0.25) is 5.91 Å². The van der Waals surface area contributed by atoms with Crippen molar-refractivity contribution < 1.29 is 4.79 Å². The fourth-order valence-corrected chi connectivity index (χ4v) is 1.88. The predicted molar refractivity (Wildman–Crippen MR) is 48.3 cm³/mol. The summed E-state index contributed by atoms with van der Waals surface area (Å²) < 4.78 is 3.94. The molecule has 0 aliphatic carbocycles. The van der Waals surface area contributed by atoms with Gasteiger partial charge in [-0.15, -0.1) is 0 Å². The fraction of sp³-hybridized carbons (Fsp3) is 0.571. The molecule has 0 spiro atoms. The molecule has 1 aromatic rings. The Hall–Kier alpha value is -1.01. The molecule has 1 aliphatic heterocycles. The van der Waals surface area contributed by atoms with Crippen LogP contribution in [0.4, 0.5) is 0 Å². The molecule has 1 unspecified atom stereocenters. The summed E-state index contributed by atoms with van der Waals surface area (Å²) in [5.74, 6) is 0.0296. The van der Waals surface area contributed by atoms with Crippen LogP contribution in [0.15, 0.2) is 6.33 Å². The maximum atomic E-state index is 10.9. The quantitative estimate of drug-likeness (QED) is 0.637. The Morgan fingerprint density at radius 2 is 2.54 bits per heavy atom. The van der Waals surface area contributed by atoms with Crippen molar-refractivity contribution in [1.29, 1.82) is 0 Å². The van der Waals surface area contributed by atoms with E-state index >= 15 is 0 Å². The number of nitrogens with one attached hydrogen (secondary N) is 2. The first kappa shape index (κ1) is 8.58. The van der Waals surface area contributed by atoms with Gasteiger partial charge in [0.25, 0.3) is 0 Å². The SMILES string of the molecule is CC1(c2ncns2)CNC(=O)CN1. The number of amides is 1. The lowest BCUT2D eigenvalue weighted by atomic mass is 10.0. The number of carbonyl (C=O) groups is 1. The Bertz CT molecular complexity index is 300. The van der Waals surface area contributed by atoms with Gasteiger partial charge in [-0.3, -0.25) is 10.1 Å². The van der Waals surface area contributed by atoms with E-state index in [9.17, 15) is 4.79 Å². The molecule has 2 heterocycles. The van der Waals surface area contributed by atoms with E-state index in [1.54, 1.807) is 0 Å². The highest BCUT2D eigenvalue weighted by Gasteiger charge is 2.33. The number of hydrogen-bond acceptors (Lipinski definition) is 5. The zero-order valence-electron chi connectivity index (χ0n) is 7.20. The van der Waals surface area contributed by atoms with E-state index in [0.29, 0.717) is 13.1 Å². The van der Waals surface area contributed by atoms with Crippen LogP contribution in [0.2, 0.25) is 0 Å². The van der Waals surface area contributed by atoms with Gasteiger partial charge in [0.15, 0.2) is 0 Å². The summed E-state index contributed by atoms with van der Waals surface area (Å²) in [4.78, 5) is 15.0. The molecule has 0 saturated carbocycles. The molecule has 0 bridgehead atoms. The van der Waals surface area contributed by atoms with Gasteiger partial charge in [0.1, 0.15) is 11.3 Å². The van der Waals surface area contributed by atoms with Gasteiger partial charge in [-0.1, -0.05) is 0 Å². The smallest absolute Gasteiger partial charge is 0.234 e. The van der Waals surface area contributed by atoms with E-state index in [2.05, 4.69) is 20.0 Å². The van der Waals surface area contributed by atoms with Crippen molar-refractivity contribution in [1.82, 2.24) is 20.0 Å². The molecule has 1 saturated heterocycles. The van der Waals surface area contributed by atoms with Crippen molar-refractivity contribution in [2.24, 2.45) is 0 Å². The van der Waals surface area contributed by atoms with Crippen molar-refractivity contribution >= 4 is 17.4 Å². The largest absolute Gasteiger partial charge is 0.353 e. The standard InChI is InChI=1S/C7H10N4OS/c1-7(6-9-4-11-13-6)3-8-5(12)2-10-7/h4,10H,2-3H2,1H3,(H,8,12). The molecule has 1 amide bonds. The molecule has 1 fully saturated rings. The second-order valence-electron chi connectivity index (χ2n) is 3.21. The van der Waals surface area contributed by atoms with Crippen molar-refractivity contribution in [3.8, 4) is 0 Å². The molecular weight excluding hydrogens is 188 g/mol. The van der Waals surface area contributed by atoms with Crippen LogP contribution in [0.25, 0.3) is 0 Å². The molecular formula is C7H10N4OS. The van der Waals surface area contributed by atoms with Crippen molar-refractivity contribution in [2.45, 2.75) is 12.5 Å². The average molecular weight is 198 g/mol. The Morgan fingerprint density at radius 1 is 1.69 bits per heavy atom. The van der Waals surface area contributed by atoms with Gasteiger partial charge < -0.3 is 5.32 Å². The first-order valence-corrected chi connectivity index (χ1v) is 4.77. The molecule has 2 rings (SSSR count). The van der Waals surface area contributed by atoms with E-state index in [1.165, 1.54) is 17.9 Å². The molecule has 70 valence electrons. The van der Waals surface area contributed by atoms with Crippen LogP contribution < -0.4 is 10.6 Å². The number of carbonyl (C=O) groups excluding carboxylic acids is 1. The maximum absolute atomic E-state index is 10.9. The molecule has 1 aliphatic rings. The molecule has 1 aromatic heterocycles. The van der Waals surface area contributed by atoms with Gasteiger partial charge in [0.05, 0.1) is 12.1 Å². The summed E-state index contributed by atoms with van der Waals surface area (Å²) in [7, 11) is 0. The third-order valence-corrected chi connectivity index (χ3v) is 3.04. The summed E-state index contributed by atoms with van der Waals surface area (Å²) in [5, 5.41) is 6.85. The summed E-state index contributed by atoms with van der Waals surface area (Å²) in [6.45, 7) is 2.92. The van der Waals surface area contributed by atoms with Crippen LogP contribution >= 0.6 is 11.5 Å². The molecule has 0 aromatic carbocycles. The second-order valence-corrected chi connectivity index (χ2v) is 3.99. The van der Waals surface area contributed by atoms with Crippen LogP contribution in [-0.4, -0.2) is 28.4 Å². The lowest BCUT2D eigenvalue weighted by molar-refractivity contribution is -0.122. The molecule has 5 nitrogen and oxygen atoms in total. The Kier molecular flexibility index (Phi) is 2.01. The molecule has 6 heteroatoms. The molecule has 2 N–H and O–H groups in total. The van der Waals surface area contributed by atoms with Crippen LogP contribution in [0.1, 0.15) is 11.9 Å². The predicted octanol–water partition coefficient (Wildman–Crippen LogP) is -0.527. The minimum atomic E-state index is -0.255. The number of hydrogen-bond donors (Lipinski definition) is 2. The third kappa shape index (κ3) is 1.54. The van der Waals surface area contributed by atoms with Crippen LogP contribution in [-0.2, 0) is 10.3 Å². The monoisotopic (exact) mass is 198 g/mol. The van der Waals surface area contributed by atoms with Gasteiger partial charge >= 0.3 is 0 Å². The topological polar surface area (TPSA) is 66.9 Å². The van der Waals surface area contributed by atoms with Gasteiger partial charge in [0, 0.05) is 6.54 Å². The average Bonchev–Trinajstić information content (AvgIpc) is 2.63. The molecule has 13 heavy (non-hydrogen) atoms. The van der Waals surface area contributed by atoms with Gasteiger partial charge in [-0.2, -0.15) is 4.37 Å². The van der Waals surface area contributed by atoms with Gasteiger partial charge in [-0.25, -0.2) is 4.98 Å². The van der Waals surface area contributed by atoms with E-state index in [4.69, 9.17) is 0 Å². The highest BCUT2D eigenvalue weighted by Crippen LogP contribution is 2.21. The summed E-state index contributed by atoms with van der Waals surface area (Å²) in [6, 6.07) is 0. The van der Waals surface area contributed by atoms with Crippen LogP contribution in [0.5, 0.6) is 0 Å². The highest BCUT2D eigenvalue weighted by molar-refractivity contribution is 7.05. The van der Waals surface area contributed by atoms with Crippen LogP contribution in [0.3, 0.4) is 0 Å². The van der Waals surface area contributed by atoms with E-state index in [0.717, 1.165) is 5.01 Å². The number of aromatic nitrogens is 2. The number of nitrogens with zero attached hydrogens (tertiary/aromatic N) is 2. The zero-order chi connectivity index (χ0) is 9.31.